The zero-order valence-corrected chi connectivity index (χ0v) is 36.2. The third-order valence-electron chi connectivity index (χ3n) is 8.31. The van der Waals surface area contributed by atoms with Crippen molar-refractivity contribution in [1.82, 2.24) is 0 Å². The van der Waals surface area contributed by atoms with Gasteiger partial charge in [-0.25, -0.2) is 9.59 Å². The van der Waals surface area contributed by atoms with E-state index in [0.717, 1.165) is 34.6 Å². The molecule has 18 nitrogen and oxygen atoms in total. The van der Waals surface area contributed by atoms with E-state index in [9.17, 15) is 33.6 Å². The fraction of sp³-hybridized carbons (Fsp3) is 0.513. The minimum atomic E-state index is -1.70. The van der Waals surface area contributed by atoms with Gasteiger partial charge in [0.1, 0.15) is 18.8 Å². The molecular weight excluding hydrogens is 916 g/mol. The van der Waals surface area contributed by atoms with Gasteiger partial charge in [0.05, 0.1) is 23.8 Å². The Morgan fingerprint density at radius 3 is 1.34 bits per heavy atom. The smallest absolute Gasteiger partial charge is 0.338 e. The molecule has 0 spiro atoms. The van der Waals surface area contributed by atoms with Crippen molar-refractivity contribution in [2.75, 3.05) is 13.2 Å². The second-order valence-electron chi connectivity index (χ2n) is 13.5. The van der Waals surface area contributed by atoms with Gasteiger partial charge in [-0.1, -0.05) is 31.9 Å². The molecule has 0 aliphatic carbocycles. The zero-order chi connectivity index (χ0) is 43.6. The highest BCUT2D eigenvalue weighted by molar-refractivity contribution is 9.10. The molecule has 0 radical (unpaired) electrons. The summed E-state index contributed by atoms with van der Waals surface area (Å²) in [5, 5.41) is 0. The fourth-order valence-corrected chi connectivity index (χ4v) is 6.62. The molecule has 0 bridgehead atoms. The highest BCUT2D eigenvalue weighted by Gasteiger charge is 2.56. The van der Waals surface area contributed by atoms with Crippen molar-refractivity contribution in [3.8, 4) is 0 Å². The van der Waals surface area contributed by atoms with Crippen LogP contribution in [0.15, 0.2) is 57.5 Å². The van der Waals surface area contributed by atoms with Gasteiger partial charge in [0, 0.05) is 43.6 Å². The van der Waals surface area contributed by atoms with Crippen molar-refractivity contribution in [2.45, 2.75) is 116 Å². The molecule has 2 aliphatic heterocycles. The van der Waals surface area contributed by atoms with E-state index in [1.807, 2.05) is 0 Å². The molecule has 2 aromatic carbocycles. The Bertz CT molecular complexity index is 1820. The van der Waals surface area contributed by atoms with Gasteiger partial charge in [-0.3, -0.25) is 24.0 Å². The monoisotopic (exact) mass is 958 g/mol. The van der Waals surface area contributed by atoms with Crippen molar-refractivity contribution in [1.29, 1.82) is 0 Å². The standard InChI is InChI=1S/C39H44Br2O18/c1-18(2)51-39-35(56-23(7)46)32(53-20(4)43)30(52-19(3)42)29(58-39)17-50-38-34(55-22(6)45)33(54-21(5)44)31(59-37(48)25-10-14-27(41)15-11-25)28(57-38)16-49-36(47)24-8-12-26(40)13-9-24/h8-15,18,28-35,38-39H,16-17H2,1-7H3/t28-,29-,30-,31-,32+,33+,34-,35-,38-,39-/m1/s1. The Labute approximate surface area is 355 Å². The Morgan fingerprint density at radius 1 is 0.508 bits per heavy atom. The molecule has 0 saturated carbocycles. The van der Waals surface area contributed by atoms with Crippen molar-refractivity contribution >= 4 is 73.6 Å². The third kappa shape index (κ3) is 13.8. The first-order chi connectivity index (χ1) is 27.8. The Balaban J connectivity index is 1.74. The van der Waals surface area contributed by atoms with Crippen LogP contribution in [0.25, 0.3) is 0 Å². The maximum atomic E-state index is 13.5. The van der Waals surface area contributed by atoms with Crippen LogP contribution in [0.3, 0.4) is 0 Å². The molecule has 59 heavy (non-hydrogen) atoms. The lowest BCUT2D eigenvalue weighted by Gasteiger charge is -2.46. The lowest BCUT2D eigenvalue weighted by atomic mass is 9.97. The van der Waals surface area contributed by atoms with Gasteiger partial charge in [0.15, 0.2) is 49.2 Å². The molecule has 322 valence electrons. The minimum Gasteiger partial charge on any atom is -0.459 e. The highest BCUT2D eigenvalue weighted by atomic mass is 79.9. The van der Waals surface area contributed by atoms with Crippen LogP contribution in [0.2, 0.25) is 0 Å². The molecular formula is C39H44Br2O18. The van der Waals surface area contributed by atoms with Crippen LogP contribution in [0.4, 0.5) is 0 Å². The zero-order valence-electron chi connectivity index (χ0n) is 33.0. The lowest BCUT2D eigenvalue weighted by Crippen LogP contribution is -2.65. The summed E-state index contributed by atoms with van der Waals surface area (Å²) in [5.74, 6) is -5.92. The molecule has 2 fully saturated rings. The van der Waals surface area contributed by atoms with Gasteiger partial charge < -0.3 is 52.1 Å². The molecule has 2 aliphatic rings. The van der Waals surface area contributed by atoms with Gasteiger partial charge in [0.25, 0.3) is 0 Å². The minimum absolute atomic E-state index is 0.0845. The second-order valence-corrected chi connectivity index (χ2v) is 15.3. The maximum absolute atomic E-state index is 13.5. The first kappa shape index (κ1) is 47.2. The van der Waals surface area contributed by atoms with Crippen LogP contribution in [0.5, 0.6) is 0 Å². The van der Waals surface area contributed by atoms with Gasteiger partial charge in [-0.15, -0.1) is 0 Å². The Kier molecular flexibility index (Phi) is 17.4. The molecule has 4 rings (SSSR count). The second kappa shape index (κ2) is 21.7. The van der Waals surface area contributed by atoms with Gasteiger partial charge in [-0.2, -0.15) is 0 Å². The van der Waals surface area contributed by atoms with Crippen molar-refractivity contribution in [3.05, 3.63) is 68.6 Å². The van der Waals surface area contributed by atoms with Crippen molar-refractivity contribution in [3.63, 3.8) is 0 Å². The molecule has 10 atom stereocenters. The SMILES string of the molecule is CC(=O)O[C@@H]1[C@@H](OC(C)=O)[C@H](OC(C)C)O[C@H](CO[C@@H]2O[C@H](COC(=O)c3ccc(Br)cc3)[C@@H](OC(=O)c3ccc(Br)cc3)[C@H](OC(C)=O)[C@H]2OC(C)=O)[C@H]1OC(C)=O. The summed E-state index contributed by atoms with van der Waals surface area (Å²) < 4.78 is 65.0. The predicted octanol–water partition coefficient (Wildman–Crippen LogP) is 4.14. The maximum Gasteiger partial charge on any atom is 0.338 e. The van der Waals surface area contributed by atoms with Crippen LogP contribution >= 0.6 is 31.9 Å². The first-order valence-electron chi connectivity index (χ1n) is 18.2. The predicted molar refractivity (Wildman–Crippen MR) is 205 cm³/mol. The van der Waals surface area contributed by atoms with Gasteiger partial charge in [-0.05, 0) is 62.4 Å². The van der Waals surface area contributed by atoms with E-state index in [4.69, 9.17) is 52.1 Å². The van der Waals surface area contributed by atoms with Gasteiger partial charge >= 0.3 is 41.8 Å². The molecule has 20 heteroatoms. The van der Waals surface area contributed by atoms with E-state index in [1.165, 1.54) is 24.3 Å². The summed E-state index contributed by atoms with van der Waals surface area (Å²) in [6.45, 7) is 7.52. The number of hydrogen-bond acceptors (Lipinski definition) is 18. The van der Waals surface area contributed by atoms with Crippen molar-refractivity contribution < 1.29 is 85.7 Å². The fourth-order valence-electron chi connectivity index (χ4n) is 6.09. The largest absolute Gasteiger partial charge is 0.459 e. The van der Waals surface area contributed by atoms with E-state index in [1.54, 1.807) is 38.1 Å². The summed E-state index contributed by atoms with van der Waals surface area (Å²) in [4.78, 5) is 88.9. The number of carbonyl (C=O) groups excluding carboxylic acids is 7. The quantitative estimate of drug-likeness (QED) is 0.181. The van der Waals surface area contributed by atoms with E-state index in [2.05, 4.69) is 31.9 Å². The van der Waals surface area contributed by atoms with Crippen molar-refractivity contribution in [2.24, 2.45) is 0 Å². The van der Waals surface area contributed by atoms with Crippen LogP contribution in [0, 0.1) is 0 Å². The Hall–Kier alpha value is -4.47. The number of benzene rings is 2. The number of esters is 7. The molecule has 0 aromatic heterocycles. The summed E-state index contributed by atoms with van der Waals surface area (Å²) in [6, 6.07) is 12.3. The number of hydrogen-bond donors (Lipinski definition) is 0. The number of carbonyl (C=O) groups is 7. The molecule has 2 saturated heterocycles. The Morgan fingerprint density at radius 2 is 0.881 bits per heavy atom. The summed E-state index contributed by atoms with van der Waals surface area (Å²) in [5.41, 5.74) is 0.245. The highest BCUT2D eigenvalue weighted by Crippen LogP contribution is 2.34. The van der Waals surface area contributed by atoms with Crippen LogP contribution in [-0.2, 0) is 76.1 Å². The van der Waals surface area contributed by atoms with E-state index >= 15 is 0 Å². The lowest BCUT2D eigenvalue weighted by molar-refractivity contribution is -0.337. The molecule has 0 N–H and O–H groups in total. The van der Waals surface area contributed by atoms with E-state index in [0.29, 0.717) is 8.95 Å². The average molecular weight is 961 g/mol. The van der Waals surface area contributed by atoms with Crippen LogP contribution in [0.1, 0.15) is 69.2 Å². The van der Waals surface area contributed by atoms with Gasteiger partial charge in [0.2, 0.25) is 0 Å². The molecule has 2 aromatic rings. The number of rotatable bonds is 15. The molecule has 0 unspecified atom stereocenters. The number of ether oxygens (including phenoxy) is 11. The topological polar surface area (TPSA) is 221 Å². The number of halogens is 2. The third-order valence-corrected chi connectivity index (χ3v) is 9.36. The average Bonchev–Trinajstić information content (AvgIpc) is 3.13. The summed E-state index contributed by atoms with van der Waals surface area (Å²) in [7, 11) is 0. The molecule has 0 amide bonds. The normalized spacial score (nSPS) is 26.5. The van der Waals surface area contributed by atoms with Crippen LogP contribution < -0.4 is 0 Å². The summed E-state index contributed by atoms with van der Waals surface area (Å²) >= 11 is 6.61. The summed E-state index contributed by atoms with van der Waals surface area (Å²) in [6.07, 6.45) is -15.7. The molecule has 2 heterocycles. The van der Waals surface area contributed by atoms with E-state index < -0.39 is 123 Å². The van der Waals surface area contributed by atoms with E-state index in [-0.39, 0.29) is 11.1 Å². The van der Waals surface area contributed by atoms with Crippen LogP contribution in [-0.4, -0.2) is 123 Å². The first-order valence-corrected chi connectivity index (χ1v) is 19.7.